The average Bonchev–Trinajstić information content (AvgIpc) is 3.64. The molecule has 12 heteroatoms. The van der Waals surface area contributed by atoms with Crippen LogP contribution in [0.4, 0.5) is 0 Å². The molecule has 1 atom stereocenters. The van der Waals surface area contributed by atoms with Gasteiger partial charge in [0.15, 0.2) is 22.9 Å². The van der Waals surface area contributed by atoms with Crippen LogP contribution in [0, 0.1) is 0 Å². The number of esters is 1. The largest absolute Gasteiger partial charge is 0.496 e. The summed E-state index contributed by atoms with van der Waals surface area (Å²) in [6, 6.07) is 9.88. The summed E-state index contributed by atoms with van der Waals surface area (Å²) in [4.78, 5) is 46.5. The molecule has 2 aliphatic rings. The first-order valence-corrected chi connectivity index (χ1v) is 15.5. The number of fused-ring (bicyclic) bond motifs is 1. The molecule has 1 fully saturated rings. The highest BCUT2D eigenvalue weighted by Crippen LogP contribution is 2.37. The van der Waals surface area contributed by atoms with Crippen LogP contribution in [0.2, 0.25) is 0 Å². The minimum Gasteiger partial charge on any atom is -0.496 e. The number of hydrogen-bond acceptors (Lipinski definition) is 9. The first-order chi connectivity index (χ1) is 20.7. The molecule has 0 N–H and O–H groups in total. The van der Waals surface area contributed by atoms with E-state index in [-0.39, 0.29) is 30.3 Å². The molecule has 1 saturated heterocycles. The van der Waals surface area contributed by atoms with Gasteiger partial charge in [0.05, 0.1) is 36.6 Å². The summed E-state index contributed by atoms with van der Waals surface area (Å²) in [7, 11) is 3.06. The Balaban J connectivity index is 1.55. The number of nitrogens with zero attached hydrogens (tertiary/aromatic N) is 3. The van der Waals surface area contributed by atoms with E-state index >= 15 is 0 Å². The molecule has 2 aromatic carbocycles. The number of carbonyl (C=O) groups is 2. The number of allylic oxidation sites excluding steroid dienone is 1. The predicted octanol–water partition coefficient (Wildman–Crippen LogP) is 3.58. The highest BCUT2D eigenvalue weighted by atomic mass is 79.9. The second-order valence-electron chi connectivity index (χ2n) is 9.98. The van der Waals surface area contributed by atoms with Crippen LogP contribution in [0.25, 0.3) is 6.08 Å². The first-order valence-electron chi connectivity index (χ1n) is 13.9. The molecule has 43 heavy (non-hydrogen) atoms. The van der Waals surface area contributed by atoms with E-state index in [0.29, 0.717) is 43.4 Å². The van der Waals surface area contributed by atoms with E-state index in [1.807, 2.05) is 12.1 Å². The summed E-state index contributed by atoms with van der Waals surface area (Å²) in [5, 5.41) is 0. The van der Waals surface area contributed by atoms with Crippen molar-refractivity contribution in [3.8, 4) is 17.2 Å². The molecular weight excluding hydrogens is 638 g/mol. The number of methoxy groups -OCH3 is 2. The van der Waals surface area contributed by atoms with Crippen LogP contribution in [0.1, 0.15) is 43.9 Å². The Bertz CT molecular complexity index is 1770. The molecule has 0 unspecified atom stereocenters. The molecular formula is C31H32BrN3O7S. The van der Waals surface area contributed by atoms with Crippen LogP contribution in [0.3, 0.4) is 0 Å². The zero-order chi connectivity index (χ0) is 30.7. The van der Waals surface area contributed by atoms with Gasteiger partial charge in [-0.05, 0) is 68.7 Å². The molecule has 2 aliphatic heterocycles. The standard InChI is InChI=1S/C31H32BrN3O7S/c1-5-41-30(38)27-18(2)33-31-35(28(27)21-16-20(32)9-11-22(21)39-3)29(37)25(43-31)15-19-8-10-23(24(14-19)40-4)42-17-26(36)34-12-6-7-13-34/h8-11,14-16,28H,5-7,12-13,17H2,1-4H3/b25-15-/t28-/m0/s1. The Morgan fingerprint density at radius 2 is 1.79 bits per heavy atom. The van der Waals surface area contributed by atoms with Crippen molar-refractivity contribution in [3.63, 3.8) is 0 Å². The van der Waals surface area contributed by atoms with E-state index in [2.05, 4.69) is 20.9 Å². The Labute approximate surface area is 261 Å². The quantitative estimate of drug-likeness (QED) is 0.321. The third kappa shape index (κ3) is 6.25. The number of benzene rings is 2. The van der Waals surface area contributed by atoms with Crippen LogP contribution in [-0.4, -0.2) is 61.9 Å². The zero-order valence-electron chi connectivity index (χ0n) is 24.3. The number of likely N-dealkylation sites (tertiary alicyclic amines) is 1. The molecule has 226 valence electrons. The summed E-state index contributed by atoms with van der Waals surface area (Å²) in [6.07, 6.45) is 3.76. The van der Waals surface area contributed by atoms with Gasteiger partial charge in [0.1, 0.15) is 11.8 Å². The van der Waals surface area contributed by atoms with Crippen LogP contribution < -0.4 is 29.1 Å². The third-order valence-electron chi connectivity index (χ3n) is 7.30. The number of rotatable bonds is 9. The fourth-order valence-electron chi connectivity index (χ4n) is 5.25. The van der Waals surface area contributed by atoms with E-state index in [0.717, 1.165) is 30.4 Å². The Morgan fingerprint density at radius 1 is 1.07 bits per heavy atom. The maximum atomic E-state index is 14.0. The van der Waals surface area contributed by atoms with Gasteiger partial charge in [-0.3, -0.25) is 14.2 Å². The van der Waals surface area contributed by atoms with Crippen molar-refractivity contribution in [1.29, 1.82) is 0 Å². The lowest BCUT2D eigenvalue weighted by Crippen LogP contribution is -2.40. The zero-order valence-corrected chi connectivity index (χ0v) is 26.7. The van der Waals surface area contributed by atoms with Crippen molar-refractivity contribution < 1.29 is 28.5 Å². The van der Waals surface area contributed by atoms with Crippen molar-refractivity contribution >= 4 is 45.2 Å². The highest BCUT2D eigenvalue weighted by Gasteiger charge is 2.35. The van der Waals surface area contributed by atoms with E-state index in [1.54, 1.807) is 56.2 Å². The van der Waals surface area contributed by atoms with Gasteiger partial charge in [0, 0.05) is 23.1 Å². The van der Waals surface area contributed by atoms with Crippen molar-refractivity contribution in [3.05, 3.63) is 83.0 Å². The second-order valence-corrected chi connectivity index (χ2v) is 11.9. The van der Waals surface area contributed by atoms with Gasteiger partial charge in [0.2, 0.25) is 0 Å². The van der Waals surface area contributed by atoms with Gasteiger partial charge in [-0.25, -0.2) is 9.79 Å². The topological polar surface area (TPSA) is 109 Å². The molecule has 0 spiro atoms. The molecule has 0 bridgehead atoms. The van der Waals surface area contributed by atoms with Gasteiger partial charge < -0.3 is 23.8 Å². The Hall–Kier alpha value is -3.90. The number of thiazole rings is 1. The maximum absolute atomic E-state index is 14.0. The molecule has 3 heterocycles. The fourth-order valence-corrected chi connectivity index (χ4v) is 6.67. The van der Waals surface area contributed by atoms with Gasteiger partial charge in [-0.15, -0.1) is 0 Å². The number of hydrogen-bond donors (Lipinski definition) is 0. The summed E-state index contributed by atoms with van der Waals surface area (Å²) < 4.78 is 25.0. The molecule has 1 aromatic heterocycles. The van der Waals surface area contributed by atoms with E-state index < -0.39 is 12.0 Å². The molecule has 10 nitrogen and oxygen atoms in total. The van der Waals surface area contributed by atoms with Gasteiger partial charge in [0.25, 0.3) is 11.5 Å². The van der Waals surface area contributed by atoms with E-state index in [1.165, 1.54) is 23.0 Å². The van der Waals surface area contributed by atoms with Gasteiger partial charge in [-0.1, -0.05) is 33.3 Å². The van der Waals surface area contributed by atoms with Crippen molar-refractivity contribution in [2.45, 2.75) is 32.7 Å². The molecule has 1 amide bonds. The average molecular weight is 671 g/mol. The van der Waals surface area contributed by atoms with Crippen LogP contribution in [0.15, 0.2) is 61.9 Å². The van der Waals surface area contributed by atoms with Crippen molar-refractivity contribution in [2.75, 3.05) is 40.5 Å². The molecule has 3 aromatic rings. The highest BCUT2D eigenvalue weighted by molar-refractivity contribution is 9.10. The van der Waals surface area contributed by atoms with E-state index in [4.69, 9.17) is 18.9 Å². The minimum atomic E-state index is -0.816. The van der Waals surface area contributed by atoms with Crippen molar-refractivity contribution in [1.82, 2.24) is 9.47 Å². The van der Waals surface area contributed by atoms with Gasteiger partial charge in [-0.2, -0.15) is 0 Å². The number of aromatic nitrogens is 1. The first kappa shape index (κ1) is 30.6. The SMILES string of the molecule is CCOC(=O)C1=C(C)N=c2s/c(=C\c3ccc(OCC(=O)N4CCCC4)c(OC)c3)c(=O)n2[C@H]1c1cc(Br)ccc1OC. The molecule has 5 rings (SSSR count). The number of ether oxygens (including phenoxy) is 4. The van der Waals surface area contributed by atoms with E-state index in [9.17, 15) is 14.4 Å². The minimum absolute atomic E-state index is 0.0566. The molecule has 0 aliphatic carbocycles. The summed E-state index contributed by atoms with van der Waals surface area (Å²) in [6.45, 7) is 5.08. The number of amides is 1. The smallest absolute Gasteiger partial charge is 0.338 e. The normalized spacial score (nSPS) is 16.5. The summed E-state index contributed by atoms with van der Waals surface area (Å²) in [5.74, 6) is 0.785. The fraction of sp³-hybridized carbons (Fsp3) is 0.355. The third-order valence-corrected chi connectivity index (χ3v) is 8.77. The van der Waals surface area contributed by atoms with Crippen LogP contribution in [-0.2, 0) is 14.3 Å². The Kier molecular flexibility index (Phi) is 9.36. The summed E-state index contributed by atoms with van der Waals surface area (Å²) >= 11 is 4.73. The maximum Gasteiger partial charge on any atom is 0.338 e. The van der Waals surface area contributed by atoms with Gasteiger partial charge >= 0.3 is 5.97 Å². The monoisotopic (exact) mass is 669 g/mol. The number of halogens is 1. The second kappa shape index (κ2) is 13.2. The summed E-state index contributed by atoms with van der Waals surface area (Å²) in [5.41, 5.74) is 1.72. The van der Waals surface area contributed by atoms with Crippen LogP contribution >= 0.6 is 27.3 Å². The predicted molar refractivity (Wildman–Crippen MR) is 165 cm³/mol. The van der Waals surface area contributed by atoms with Crippen molar-refractivity contribution in [2.24, 2.45) is 4.99 Å². The lowest BCUT2D eigenvalue weighted by molar-refractivity contribution is -0.139. The number of carbonyl (C=O) groups excluding carboxylic acids is 2. The molecule has 0 radical (unpaired) electrons. The lowest BCUT2D eigenvalue weighted by atomic mass is 9.95. The Morgan fingerprint density at radius 3 is 2.49 bits per heavy atom. The molecule has 0 saturated carbocycles. The van der Waals surface area contributed by atoms with Crippen LogP contribution in [0.5, 0.6) is 17.2 Å². The lowest BCUT2D eigenvalue weighted by Gasteiger charge is -2.26.